The molecule has 1 heterocycles. The highest BCUT2D eigenvalue weighted by Crippen LogP contribution is 2.04. The molecule has 0 atom stereocenters. The van der Waals surface area contributed by atoms with Crippen LogP contribution < -0.4 is 5.73 Å². The quantitative estimate of drug-likeness (QED) is 0.782. The molecule has 0 bridgehead atoms. The van der Waals surface area contributed by atoms with Gasteiger partial charge < -0.3 is 15.2 Å². The van der Waals surface area contributed by atoms with Gasteiger partial charge in [-0.25, -0.2) is 13.8 Å². The Balaban J connectivity index is 2.74. The highest BCUT2D eigenvalue weighted by molar-refractivity contribution is 5.92. The van der Waals surface area contributed by atoms with Gasteiger partial charge in [0.05, 0.1) is 12.9 Å². The lowest BCUT2D eigenvalue weighted by atomic mass is 10.3. The molecule has 0 spiro atoms. The van der Waals surface area contributed by atoms with E-state index in [1.807, 2.05) is 0 Å². The van der Waals surface area contributed by atoms with E-state index < -0.39 is 18.9 Å². The van der Waals surface area contributed by atoms with Gasteiger partial charge in [-0.2, -0.15) is 0 Å². The third-order valence-corrected chi connectivity index (χ3v) is 1.97. The molecule has 90 valence electrons. The highest BCUT2D eigenvalue weighted by atomic mass is 19.3. The summed E-state index contributed by atoms with van der Waals surface area (Å²) >= 11 is 0. The molecule has 16 heavy (non-hydrogen) atoms. The summed E-state index contributed by atoms with van der Waals surface area (Å²) in [6.45, 7) is -0.377. The molecule has 7 heteroatoms. The molecule has 0 aliphatic carbocycles. The van der Waals surface area contributed by atoms with Gasteiger partial charge in [0.15, 0.2) is 0 Å². The first-order chi connectivity index (χ1) is 7.54. The molecular weight excluding hydrogens is 218 g/mol. The van der Waals surface area contributed by atoms with E-state index in [0.29, 0.717) is 0 Å². The zero-order valence-electron chi connectivity index (χ0n) is 8.94. The minimum atomic E-state index is -2.57. The van der Waals surface area contributed by atoms with E-state index in [2.05, 4.69) is 4.98 Å². The molecule has 1 amide bonds. The lowest BCUT2D eigenvalue weighted by Crippen LogP contribution is -2.38. The maximum atomic E-state index is 12.2. The fourth-order valence-corrected chi connectivity index (χ4v) is 1.28. The van der Waals surface area contributed by atoms with Gasteiger partial charge in [-0.3, -0.25) is 4.79 Å². The third-order valence-electron chi connectivity index (χ3n) is 1.97. The van der Waals surface area contributed by atoms with Crippen molar-refractivity contribution in [2.75, 3.05) is 19.6 Å². The van der Waals surface area contributed by atoms with Crippen LogP contribution in [0.5, 0.6) is 0 Å². The number of aryl methyl sites for hydroxylation is 1. The summed E-state index contributed by atoms with van der Waals surface area (Å²) in [4.78, 5) is 16.6. The van der Waals surface area contributed by atoms with Gasteiger partial charge in [0, 0.05) is 26.3 Å². The predicted octanol–water partition coefficient (Wildman–Crippen LogP) is 0.0861. The first-order valence-electron chi connectivity index (χ1n) is 4.80. The van der Waals surface area contributed by atoms with Crippen LogP contribution in [0.25, 0.3) is 0 Å². The Morgan fingerprint density at radius 1 is 1.69 bits per heavy atom. The second kappa shape index (κ2) is 5.55. The zero-order chi connectivity index (χ0) is 12.1. The van der Waals surface area contributed by atoms with E-state index in [-0.39, 0.29) is 18.8 Å². The summed E-state index contributed by atoms with van der Waals surface area (Å²) < 4.78 is 26.0. The van der Waals surface area contributed by atoms with Crippen LogP contribution >= 0.6 is 0 Å². The van der Waals surface area contributed by atoms with E-state index in [0.717, 1.165) is 4.90 Å². The van der Waals surface area contributed by atoms with Crippen LogP contribution in [0.15, 0.2) is 12.5 Å². The van der Waals surface area contributed by atoms with E-state index in [1.54, 1.807) is 11.6 Å². The van der Waals surface area contributed by atoms with Crippen molar-refractivity contribution >= 4 is 5.91 Å². The predicted molar refractivity (Wildman–Crippen MR) is 54.2 cm³/mol. The number of hydrogen-bond acceptors (Lipinski definition) is 3. The normalized spacial score (nSPS) is 10.8. The Hall–Kier alpha value is -1.50. The maximum absolute atomic E-state index is 12.2. The topological polar surface area (TPSA) is 64.2 Å². The van der Waals surface area contributed by atoms with Crippen LogP contribution in [0.1, 0.15) is 10.5 Å². The van der Waals surface area contributed by atoms with Gasteiger partial charge in [-0.1, -0.05) is 0 Å². The summed E-state index contributed by atoms with van der Waals surface area (Å²) in [7, 11) is 1.70. The molecule has 0 aliphatic rings. The van der Waals surface area contributed by atoms with E-state index in [4.69, 9.17) is 5.73 Å². The number of rotatable bonds is 5. The molecule has 0 radical (unpaired) electrons. The van der Waals surface area contributed by atoms with Crippen molar-refractivity contribution in [3.63, 3.8) is 0 Å². The van der Waals surface area contributed by atoms with E-state index in [1.165, 1.54) is 12.5 Å². The van der Waals surface area contributed by atoms with Gasteiger partial charge in [0.2, 0.25) is 0 Å². The maximum Gasteiger partial charge on any atom is 0.274 e. The van der Waals surface area contributed by atoms with Crippen molar-refractivity contribution in [1.29, 1.82) is 0 Å². The first-order valence-corrected chi connectivity index (χ1v) is 4.80. The minimum Gasteiger partial charge on any atom is -0.340 e. The van der Waals surface area contributed by atoms with Crippen LogP contribution in [0, 0.1) is 0 Å². The molecule has 0 unspecified atom stereocenters. The number of alkyl halides is 2. The Labute approximate surface area is 91.9 Å². The summed E-state index contributed by atoms with van der Waals surface area (Å²) in [6.07, 6.45) is 0.354. The lowest BCUT2D eigenvalue weighted by Gasteiger charge is -2.20. The van der Waals surface area contributed by atoms with E-state index >= 15 is 0 Å². The molecule has 5 nitrogen and oxygen atoms in total. The van der Waals surface area contributed by atoms with Crippen LogP contribution in [0.2, 0.25) is 0 Å². The summed E-state index contributed by atoms with van der Waals surface area (Å²) in [5.41, 5.74) is 5.41. The standard InChI is InChI=1S/C9H14F2N4O/c1-14-4-7(13-6-14)9(16)15(3-2-12)5-8(10)11/h4,6,8H,2-3,5,12H2,1H3. The van der Waals surface area contributed by atoms with Gasteiger partial charge >= 0.3 is 0 Å². The minimum absolute atomic E-state index is 0.0970. The zero-order valence-corrected chi connectivity index (χ0v) is 8.94. The molecule has 0 saturated carbocycles. The molecule has 0 saturated heterocycles. The van der Waals surface area contributed by atoms with E-state index in [9.17, 15) is 13.6 Å². The van der Waals surface area contributed by atoms with Crippen LogP contribution in [-0.2, 0) is 7.05 Å². The van der Waals surface area contributed by atoms with Gasteiger partial charge in [-0.05, 0) is 0 Å². The molecule has 1 aromatic heterocycles. The van der Waals surface area contributed by atoms with Crippen molar-refractivity contribution < 1.29 is 13.6 Å². The number of carbonyl (C=O) groups excluding carboxylic acids is 1. The average molecular weight is 232 g/mol. The van der Waals surface area contributed by atoms with Crippen LogP contribution in [-0.4, -0.2) is 46.4 Å². The third kappa shape index (κ3) is 3.27. The molecule has 1 aromatic rings. The number of halogens is 2. The number of imidazole rings is 1. The molecule has 1 rings (SSSR count). The molecule has 0 aliphatic heterocycles. The van der Waals surface area contributed by atoms with Gasteiger partial charge in [0.25, 0.3) is 12.3 Å². The molecule has 2 N–H and O–H groups in total. The monoisotopic (exact) mass is 232 g/mol. The fourth-order valence-electron chi connectivity index (χ4n) is 1.28. The number of aromatic nitrogens is 2. The van der Waals surface area contributed by atoms with Gasteiger partial charge in [-0.15, -0.1) is 0 Å². The van der Waals surface area contributed by atoms with Crippen molar-refractivity contribution in [2.24, 2.45) is 12.8 Å². The fraction of sp³-hybridized carbons (Fsp3) is 0.556. The summed E-state index contributed by atoms with van der Waals surface area (Å²) in [5.74, 6) is -0.522. The Kier molecular flexibility index (Phi) is 4.36. The van der Waals surface area contributed by atoms with Crippen molar-refractivity contribution in [3.05, 3.63) is 18.2 Å². The number of nitrogens with zero attached hydrogens (tertiary/aromatic N) is 3. The highest BCUT2D eigenvalue weighted by Gasteiger charge is 2.20. The molecular formula is C9H14F2N4O. The smallest absolute Gasteiger partial charge is 0.274 e. The number of hydrogen-bond donors (Lipinski definition) is 1. The summed E-state index contributed by atoms with van der Waals surface area (Å²) in [5, 5.41) is 0. The Morgan fingerprint density at radius 3 is 2.81 bits per heavy atom. The lowest BCUT2D eigenvalue weighted by molar-refractivity contribution is 0.0558. The first kappa shape index (κ1) is 12.6. The van der Waals surface area contributed by atoms with Crippen LogP contribution in [0.4, 0.5) is 8.78 Å². The second-order valence-corrected chi connectivity index (χ2v) is 3.36. The molecule has 0 aromatic carbocycles. The number of nitrogens with two attached hydrogens (primary N) is 1. The number of carbonyl (C=O) groups is 1. The second-order valence-electron chi connectivity index (χ2n) is 3.36. The van der Waals surface area contributed by atoms with Gasteiger partial charge in [0.1, 0.15) is 5.69 Å². The number of amides is 1. The van der Waals surface area contributed by atoms with Crippen molar-refractivity contribution in [3.8, 4) is 0 Å². The largest absolute Gasteiger partial charge is 0.340 e. The molecule has 0 fully saturated rings. The average Bonchev–Trinajstić information content (AvgIpc) is 2.62. The Morgan fingerprint density at radius 2 is 2.38 bits per heavy atom. The van der Waals surface area contributed by atoms with Crippen molar-refractivity contribution in [2.45, 2.75) is 6.43 Å². The Bertz CT molecular complexity index is 353. The van der Waals surface area contributed by atoms with Crippen molar-refractivity contribution in [1.82, 2.24) is 14.5 Å². The SMILES string of the molecule is Cn1cnc(C(=O)N(CCN)CC(F)F)c1. The summed E-state index contributed by atoms with van der Waals surface area (Å²) in [6, 6.07) is 0. The van der Waals surface area contributed by atoms with Crippen LogP contribution in [0.3, 0.4) is 0 Å².